The highest BCUT2D eigenvalue weighted by molar-refractivity contribution is 5.40. The van der Waals surface area contributed by atoms with Gasteiger partial charge in [0.1, 0.15) is 6.67 Å². The van der Waals surface area contributed by atoms with Gasteiger partial charge in [-0.1, -0.05) is 6.92 Å². The van der Waals surface area contributed by atoms with Gasteiger partial charge in [0.15, 0.2) is 11.6 Å². The topological polar surface area (TPSA) is 35.2 Å². The minimum Gasteiger partial charge on any atom is -0.493 e. The van der Waals surface area contributed by atoms with E-state index in [1.807, 2.05) is 6.92 Å². The largest absolute Gasteiger partial charge is 0.493 e. The molecule has 0 aliphatic carbocycles. The quantitative estimate of drug-likeness (QED) is 0.842. The molecular weight excluding hydrogens is 212 g/mol. The van der Waals surface area contributed by atoms with E-state index in [4.69, 9.17) is 10.5 Å². The highest BCUT2D eigenvalue weighted by atomic mass is 19.1. The van der Waals surface area contributed by atoms with E-state index >= 15 is 0 Å². The first-order chi connectivity index (χ1) is 7.63. The van der Waals surface area contributed by atoms with Gasteiger partial charge in [-0.25, -0.2) is 8.78 Å². The zero-order chi connectivity index (χ0) is 12.1. The predicted molar refractivity (Wildman–Crippen MR) is 59.9 cm³/mol. The Balaban J connectivity index is 3.16. The van der Waals surface area contributed by atoms with E-state index in [0.29, 0.717) is 24.1 Å². The Hall–Kier alpha value is -1.16. The molecule has 0 aliphatic rings. The van der Waals surface area contributed by atoms with E-state index in [0.717, 1.165) is 6.07 Å². The SMILES string of the molecule is COc1c(F)cc(CF)cc1C(C)CCN. The second kappa shape index (κ2) is 5.80. The Bertz CT molecular complexity index is 355. The average molecular weight is 229 g/mol. The third kappa shape index (κ3) is 2.70. The maximum Gasteiger partial charge on any atom is 0.165 e. The molecule has 0 heterocycles. The van der Waals surface area contributed by atoms with Crippen LogP contribution in [0.4, 0.5) is 8.78 Å². The minimum atomic E-state index is -0.677. The molecule has 0 saturated carbocycles. The lowest BCUT2D eigenvalue weighted by atomic mass is 9.95. The molecule has 2 nitrogen and oxygen atoms in total. The van der Waals surface area contributed by atoms with Crippen molar-refractivity contribution in [1.82, 2.24) is 0 Å². The van der Waals surface area contributed by atoms with Crippen molar-refractivity contribution in [2.75, 3.05) is 13.7 Å². The third-order valence-corrected chi connectivity index (χ3v) is 2.62. The summed E-state index contributed by atoms with van der Waals surface area (Å²) >= 11 is 0. The molecule has 1 rings (SSSR count). The second-order valence-corrected chi connectivity index (χ2v) is 3.81. The van der Waals surface area contributed by atoms with Gasteiger partial charge in [-0.3, -0.25) is 0 Å². The van der Waals surface area contributed by atoms with E-state index in [2.05, 4.69) is 0 Å². The van der Waals surface area contributed by atoms with E-state index in [-0.39, 0.29) is 11.7 Å². The molecule has 1 aromatic carbocycles. The van der Waals surface area contributed by atoms with Crippen LogP contribution in [0.25, 0.3) is 0 Å². The van der Waals surface area contributed by atoms with Crippen molar-refractivity contribution in [3.05, 3.63) is 29.1 Å². The summed E-state index contributed by atoms with van der Waals surface area (Å²) in [7, 11) is 1.41. The zero-order valence-electron chi connectivity index (χ0n) is 9.59. The number of methoxy groups -OCH3 is 1. The summed E-state index contributed by atoms with van der Waals surface area (Å²) in [6, 6.07) is 2.81. The summed E-state index contributed by atoms with van der Waals surface area (Å²) in [4.78, 5) is 0. The minimum absolute atomic E-state index is 0.0564. The van der Waals surface area contributed by atoms with Gasteiger partial charge in [-0.05, 0) is 36.6 Å². The lowest BCUT2D eigenvalue weighted by molar-refractivity contribution is 0.376. The van der Waals surface area contributed by atoms with Gasteiger partial charge in [0.25, 0.3) is 0 Å². The van der Waals surface area contributed by atoms with Gasteiger partial charge >= 0.3 is 0 Å². The van der Waals surface area contributed by atoms with E-state index < -0.39 is 12.5 Å². The number of ether oxygens (including phenoxy) is 1. The van der Waals surface area contributed by atoms with Crippen molar-refractivity contribution < 1.29 is 13.5 Å². The summed E-state index contributed by atoms with van der Waals surface area (Å²) in [5.74, 6) is -0.268. The van der Waals surface area contributed by atoms with Crippen molar-refractivity contribution in [1.29, 1.82) is 0 Å². The fourth-order valence-corrected chi connectivity index (χ4v) is 1.74. The number of hydrogen-bond acceptors (Lipinski definition) is 2. The molecular formula is C12H17F2NO. The average Bonchev–Trinajstić information content (AvgIpc) is 2.28. The van der Waals surface area contributed by atoms with Crippen LogP contribution in [0.15, 0.2) is 12.1 Å². The molecule has 1 aromatic rings. The van der Waals surface area contributed by atoms with E-state index in [1.165, 1.54) is 7.11 Å². The summed E-state index contributed by atoms with van der Waals surface area (Å²) < 4.78 is 31.1. The van der Waals surface area contributed by atoms with Gasteiger partial charge in [0.05, 0.1) is 7.11 Å². The Kier molecular flexibility index (Phi) is 4.68. The molecule has 16 heavy (non-hydrogen) atoms. The first-order valence-corrected chi connectivity index (χ1v) is 5.26. The molecule has 2 N–H and O–H groups in total. The molecule has 0 fully saturated rings. The maximum atomic E-state index is 13.6. The molecule has 1 unspecified atom stereocenters. The van der Waals surface area contributed by atoms with E-state index in [9.17, 15) is 8.78 Å². The second-order valence-electron chi connectivity index (χ2n) is 3.81. The lowest BCUT2D eigenvalue weighted by Crippen LogP contribution is -2.07. The number of benzene rings is 1. The molecule has 0 amide bonds. The van der Waals surface area contributed by atoms with Gasteiger partial charge < -0.3 is 10.5 Å². The summed E-state index contributed by atoms with van der Waals surface area (Å²) in [5.41, 5.74) is 6.47. The highest BCUT2D eigenvalue weighted by Crippen LogP contribution is 2.32. The lowest BCUT2D eigenvalue weighted by Gasteiger charge is -2.16. The van der Waals surface area contributed by atoms with Crippen LogP contribution in [-0.2, 0) is 6.67 Å². The third-order valence-electron chi connectivity index (χ3n) is 2.62. The van der Waals surface area contributed by atoms with Crippen LogP contribution >= 0.6 is 0 Å². The Labute approximate surface area is 94.4 Å². The normalized spacial score (nSPS) is 12.6. The zero-order valence-corrected chi connectivity index (χ0v) is 9.59. The van der Waals surface area contributed by atoms with Crippen LogP contribution in [-0.4, -0.2) is 13.7 Å². The number of halogens is 2. The van der Waals surface area contributed by atoms with Crippen molar-refractivity contribution in [3.8, 4) is 5.75 Å². The maximum absolute atomic E-state index is 13.6. The Morgan fingerprint density at radius 3 is 2.62 bits per heavy atom. The molecule has 0 saturated heterocycles. The van der Waals surface area contributed by atoms with Crippen LogP contribution in [0.5, 0.6) is 5.75 Å². The first kappa shape index (κ1) is 12.9. The molecule has 90 valence electrons. The number of rotatable bonds is 5. The van der Waals surface area contributed by atoms with Crippen LogP contribution < -0.4 is 10.5 Å². The van der Waals surface area contributed by atoms with Gasteiger partial charge in [0, 0.05) is 5.56 Å². The highest BCUT2D eigenvalue weighted by Gasteiger charge is 2.16. The summed E-state index contributed by atoms with van der Waals surface area (Å²) in [5, 5.41) is 0. The summed E-state index contributed by atoms with van der Waals surface area (Å²) in [6.07, 6.45) is 0.714. The molecule has 0 aliphatic heterocycles. The fourth-order valence-electron chi connectivity index (χ4n) is 1.74. The fraction of sp³-hybridized carbons (Fsp3) is 0.500. The van der Waals surface area contributed by atoms with Gasteiger partial charge in [0.2, 0.25) is 0 Å². The Morgan fingerprint density at radius 1 is 1.44 bits per heavy atom. The van der Waals surface area contributed by atoms with Crippen molar-refractivity contribution in [2.24, 2.45) is 5.73 Å². The van der Waals surface area contributed by atoms with Crippen LogP contribution in [0.2, 0.25) is 0 Å². The molecule has 1 atom stereocenters. The van der Waals surface area contributed by atoms with Crippen LogP contribution in [0.3, 0.4) is 0 Å². The molecule has 4 heteroatoms. The Morgan fingerprint density at radius 2 is 2.12 bits per heavy atom. The number of alkyl halides is 1. The van der Waals surface area contributed by atoms with Crippen LogP contribution in [0.1, 0.15) is 30.4 Å². The standard InChI is InChI=1S/C12H17F2NO/c1-8(3-4-15)10-5-9(7-13)6-11(14)12(10)16-2/h5-6,8H,3-4,7,15H2,1-2H3. The smallest absolute Gasteiger partial charge is 0.165 e. The van der Waals surface area contributed by atoms with Crippen molar-refractivity contribution in [2.45, 2.75) is 25.9 Å². The van der Waals surface area contributed by atoms with E-state index in [1.54, 1.807) is 6.07 Å². The van der Waals surface area contributed by atoms with Crippen LogP contribution in [0, 0.1) is 5.82 Å². The van der Waals surface area contributed by atoms with Gasteiger partial charge in [-0.15, -0.1) is 0 Å². The first-order valence-electron chi connectivity index (χ1n) is 5.26. The predicted octanol–water partition coefficient (Wildman–Crippen LogP) is 2.76. The monoisotopic (exact) mass is 229 g/mol. The van der Waals surface area contributed by atoms with Gasteiger partial charge in [-0.2, -0.15) is 0 Å². The molecule has 0 spiro atoms. The molecule has 0 radical (unpaired) electrons. The number of hydrogen-bond donors (Lipinski definition) is 1. The summed E-state index contributed by atoms with van der Waals surface area (Å²) in [6.45, 7) is 1.75. The van der Waals surface area contributed by atoms with Crippen molar-refractivity contribution in [3.63, 3.8) is 0 Å². The molecule has 0 aromatic heterocycles. The number of nitrogens with two attached hydrogens (primary N) is 1. The molecule has 0 bridgehead atoms. The van der Waals surface area contributed by atoms with Crippen molar-refractivity contribution >= 4 is 0 Å².